The number of benzene rings is 2. The van der Waals surface area contributed by atoms with Gasteiger partial charge in [0, 0.05) is 75.4 Å². The summed E-state index contributed by atoms with van der Waals surface area (Å²) in [5.74, 6) is 0.229. The lowest BCUT2D eigenvalue weighted by molar-refractivity contribution is -0.146. The molecule has 3 fully saturated rings. The molecule has 0 bridgehead atoms. The molecule has 246 valence electrons. The van der Waals surface area contributed by atoms with Crippen LogP contribution < -0.4 is 15.0 Å². The van der Waals surface area contributed by atoms with Gasteiger partial charge in [-0.1, -0.05) is 18.2 Å². The van der Waals surface area contributed by atoms with E-state index in [1.165, 1.54) is 18.5 Å². The molecule has 1 aromatic heterocycles. The predicted octanol–water partition coefficient (Wildman–Crippen LogP) is 5.09. The number of H-pyrrole nitrogens is 1. The number of nitrogens with one attached hydrogen (secondary N) is 2. The molecule has 0 unspecified atom stereocenters. The van der Waals surface area contributed by atoms with Gasteiger partial charge >= 0.3 is 6.18 Å². The Balaban J connectivity index is 1.15. The molecule has 2 amide bonds. The summed E-state index contributed by atoms with van der Waals surface area (Å²) in [4.78, 5) is 32.9. The van der Waals surface area contributed by atoms with Crippen molar-refractivity contribution in [2.24, 2.45) is 5.92 Å². The minimum Gasteiger partial charge on any atom is -0.478 e. The van der Waals surface area contributed by atoms with Crippen molar-refractivity contribution < 1.29 is 27.5 Å². The number of piperidine rings is 1. The molecule has 6 rings (SSSR count). The van der Waals surface area contributed by atoms with Crippen LogP contribution in [0.5, 0.6) is 5.75 Å². The molecule has 2 N–H and O–H groups in total. The molecule has 2 aliphatic heterocycles. The first-order chi connectivity index (χ1) is 22.0. The number of amides is 2. The van der Waals surface area contributed by atoms with E-state index in [1.54, 1.807) is 24.8 Å². The van der Waals surface area contributed by atoms with E-state index >= 15 is 0 Å². The maximum atomic E-state index is 14.1. The van der Waals surface area contributed by atoms with Gasteiger partial charge in [-0.3, -0.25) is 14.7 Å². The number of hydrogen-bond donors (Lipinski definition) is 2. The fourth-order valence-corrected chi connectivity index (χ4v) is 6.52. The minimum atomic E-state index is -4.55. The maximum absolute atomic E-state index is 14.1. The zero-order valence-corrected chi connectivity index (χ0v) is 26.3. The second kappa shape index (κ2) is 13.0. The van der Waals surface area contributed by atoms with Crippen LogP contribution in [0.3, 0.4) is 0 Å². The van der Waals surface area contributed by atoms with Gasteiger partial charge < -0.3 is 24.8 Å². The van der Waals surface area contributed by atoms with E-state index in [-0.39, 0.29) is 35.9 Å². The predicted molar refractivity (Wildman–Crippen MR) is 168 cm³/mol. The van der Waals surface area contributed by atoms with Gasteiger partial charge in [0.15, 0.2) is 5.60 Å². The Hall–Kier alpha value is -4.06. The molecular weight excluding hydrogens is 597 g/mol. The molecule has 3 heterocycles. The van der Waals surface area contributed by atoms with Crippen LogP contribution in [0.25, 0.3) is 11.1 Å². The number of ether oxygens (including phenoxy) is 1. The first-order valence-electron chi connectivity index (χ1n) is 16.0. The van der Waals surface area contributed by atoms with Gasteiger partial charge in [0.1, 0.15) is 5.75 Å². The third kappa shape index (κ3) is 7.16. The molecule has 9 nitrogen and oxygen atoms in total. The maximum Gasteiger partial charge on any atom is 0.417 e. The molecule has 46 heavy (non-hydrogen) atoms. The molecule has 1 atom stereocenters. The number of carbonyl (C=O) groups is 2. The van der Waals surface area contributed by atoms with E-state index in [4.69, 9.17) is 4.74 Å². The highest BCUT2D eigenvalue weighted by atomic mass is 19.4. The average Bonchev–Trinajstić information content (AvgIpc) is 3.75. The van der Waals surface area contributed by atoms with Gasteiger partial charge in [-0.25, -0.2) is 0 Å². The lowest BCUT2D eigenvalue weighted by Gasteiger charge is -2.37. The van der Waals surface area contributed by atoms with Gasteiger partial charge in [-0.2, -0.15) is 18.3 Å². The third-order valence-electron chi connectivity index (χ3n) is 9.07. The Kier molecular flexibility index (Phi) is 9.00. The highest BCUT2D eigenvalue weighted by molar-refractivity contribution is 5.85. The van der Waals surface area contributed by atoms with Crippen LogP contribution in [0, 0.1) is 5.92 Å². The fraction of sp³-hybridized carbons (Fsp3) is 0.500. The van der Waals surface area contributed by atoms with E-state index in [2.05, 4.69) is 20.4 Å². The number of aromatic nitrogens is 2. The Labute approximate surface area is 267 Å². The number of anilines is 1. The normalized spacial score (nSPS) is 19.2. The summed E-state index contributed by atoms with van der Waals surface area (Å²) in [6.45, 7) is 7.79. The molecular formula is C34H41F3N6O3. The topological polar surface area (TPSA) is 93.8 Å². The molecule has 0 spiro atoms. The van der Waals surface area contributed by atoms with Crippen molar-refractivity contribution >= 4 is 17.5 Å². The number of piperazine rings is 1. The monoisotopic (exact) mass is 638 g/mol. The van der Waals surface area contributed by atoms with Crippen LogP contribution >= 0.6 is 0 Å². The lowest BCUT2D eigenvalue weighted by atomic mass is 9.95. The Morgan fingerprint density at radius 2 is 1.83 bits per heavy atom. The molecule has 2 saturated heterocycles. The number of aromatic amines is 1. The Morgan fingerprint density at radius 1 is 1.04 bits per heavy atom. The van der Waals surface area contributed by atoms with Crippen molar-refractivity contribution in [2.45, 2.75) is 63.9 Å². The van der Waals surface area contributed by atoms with Crippen LogP contribution in [0.2, 0.25) is 0 Å². The summed E-state index contributed by atoms with van der Waals surface area (Å²) in [7, 11) is 0. The zero-order valence-electron chi connectivity index (χ0n) is 26.3. The summed E-state index contributed by atoms with van der Waals surface area (Å²) >= 11 is 0. The molecule has 1 saturated carbocycles. The average molecular weight is 639 g/mol. The van der Waals surface area contributed by atoms with Crippen molar-refractivity contribution in [1.29, 1.82) is 0 Å². The number of nitrogens with zero attached hydrogens (tertiary/aromatic N) is 4. The summed E-state index contributed by atoms with van der Waals surface area (Å²) in [6.07, 6.45) is 1.49. The van der Waals surface area contributed by atoms with Crippen LogP contribution in [0.4, 0.5) is 18.9 Å². The van der Waals surface area contributed by atoms with E-state index in [0.717, 1.165) is 50.7 Å². The van der Waals surface area contributed by atoms with Gasteiger partial charge in [-0.15, -0.1) is 0 Å². The minimum absolute atomic E-state index is 0.0187. The molecule has 0 radical (unpaired) electrons. The fourth-order valence-electron chi connectivity index (χ4n) is 6.52. The highest BCUT2D eigenvalue weighted by Crippen LogP contribution is 2.39. The van der Waals surface area contributed by atoms with E-state index < -0.39 is 17.3 Å². The van der Waals surface area contributed by atoms with Crippen molar-refractivity contribution in [3.63, 3.8) is 0 Å². The SMILES string of the molecule is CC(C)(Oc1cccc(N2CCC[C@@H](C(=O)N(Cc3ccc(-c4cn[nH]c4)c(C(F)(F)F)c3)C3CC3)C2)c1)C(=O)N1CCNCC1. The van der Waals surface area contributed by atoms with E-state index in [1.807, 2.05) is 29.2 Å². The van der Waals surface area contributed by atoms with Crippen molar-refractivity contribution in [3.05, 3.63) is 66.0 Å². The lowest BCUT2D eigenvalue weighted by Crippen LogP contribution is -2.54. The number of halogens is 3. The number of alkyl halides is 3. The number of carbonyl (C=O) groups excluding carboxylic acids is 2. The van der Waals surface area contributed by atoms with E-state index in [9.17, 15) is 22.8 Å². The standard InChI is InChI=1S/C34H41F3N6O3/c1-33(2,32(45)41-15-12-38-13-16-41)46-28-7-3-6-27(18-28)42-14-4-5-24(22-42)31(44)43(26-9-10-26)21-23-8-11-29(25-19-39-40-20-25)30(17-23)34(35,36)37/h3,6-8,11,17-20,24,26,38H,4-5,9-10,12-16,21-22H2,1-2H3,(H,39,40)/t24-/m1/s1. The summed E-state index contributed by atoms with van der Waals surface area (Å²) in [5.41, 5.74) is 0.00119. The van der Waals surface area contributed by atoms with Gasteiger partial charge in [0.2, 0.25) is 5.91 Å². The number of hydrogen-bond acceptors (Lipinski definition) is 6. The first kappa shape index (κ1) is 31.9. The smallest absolute Gasteiger partial charge is 0.417 e. The van der Waals surface area contributed by atoms with Gasteiger partial charge in [0.05, 0.1) is 17.7 Å². The van der Waals surface area contributed by atoms with E-state index in [0.29, 0.717) is 42.9 Å². The summed E-state index contributed by atoms with van der Waals surface area (Å²) in [6, 6.07) is 12.0. The molecule has 3 aliphatic rings. The van der Waals surface area contributed by atoms with Crippen LogP contribution in [0.15, 0.2) is 54.9 Å². The zero-order chi connectivity index (χ0) is 32.5. The van der Waals surface area contributed by atoms with Crippen LogP contribution in [-0.2, 0) is 22.3 Å². The molecule has 3 aromatic rings. The van der Waals surface area contributed by atoms with Gasteiger partial charge in [-0.05, 0) is 68.9 Å². The van der Waals surface area contributed by atoms with Gasteiger partial charge in [0.25, 0.3) is 5.91 Å². The quantitative estimate of drug-likeness (QED) is 0.339. The second-order valence-corrected chi connectivity index (χ2v) is 13.0. The Morgan fingerprint density at radius 3 is 2.52 bits per heavy atom. The largest absolute Gasteiger partial charge is 0.478 e. The third-order valence-corrected chi connectivity index (χ3v) is 9.07. The molecule has 1 aliphatic carbocycles. The van der Waals surface area contributed by atoms with Crippen molar-refractivity contribution in [2.75, 3.05) is 44.2 Å². The molecule has 2 aromatic carbocycles. The summed E-state index contributed by atoms with van der Waals surface area (Å²) < 4.78 is 48.5. The highest BCUT2D eigenvalue weighted by Gasteiger charge is 2.39. The molecule has 12 heteroatoms. The Bertz CT molecular complexity index is 1530. The first-order valence-corrected chi connectivity index (χ1v) is 16.0. The van der Waals surface area contributed by atoms with Crippen LogP contribution in [0.1, 0.15) is 50.7 Å². The van der Waals surface area contributed by atoms with Crippen LogP contribution in [-0.4, -0.2) is 82.7 Å². The summed E-state index contributed by atoms with van der Waals surface area (Å²) in [5, 5.41) is 9.63. The number of rotatable bonds is 9. The van der Waals surface area contributed by atoms with Crippen molar-refractivity contribution in [3.8, 4) is 16.9 Å². The second-order valence-electron chi connectivity index (χ2n) is 13.0. The van der Waals surface area contributed by atoms with Crippen molar-refractivity contribution in [1.82, 2.24) is 25.3 Å².